The van der Waals surface area contributed by atoms with Gasteiger partial charge in [0.1, 0.15) is 5.75 Å². The van der Waals surface area contributed by atoms with Gasteiger partial charge in [0.05, 0.1) is 38.2 Å². The van der Waals surface area contributed by atoms with Crippen molar-refractivity contribution in [3.63, 3.8) is 0 Å². The van der Waals surface area contributed by atoms with E-state index in [1.807, 2.05) is 0 Å². The highest BCUT2D eigenvalue weighted by Crippen LogP contribution is 2.31. The number of benzene rings is 2. The van der Waals surface area contributed by atoms with Gasteiger partial charge in [-0.2, -0.15) is 9.30 Å². The van der Waals surface area contributed by atoms with E-state index in [9.17, 15) is 13.2 Å². The standard InChI is InChI=1S/C21H21Cl2N3O4S2/c1-25-18-16(22)9-10-17(23)19(18)31-21(25)24-20(27)13-4-3-11-26(12-13)32(28,29)15-7-5-14(30-2)6-8-15/h5-10,13H,3-4,11-12H2,1-2H3. The van der Waals surface area contributed by atoms with Crippen molar-refractivity contribution in [2.24, 2.45) is 18.0 Å². The van der Waals surface area contributed by atoms with Gasteiger partial charge in [-0.15, -0.1) is 0 Å². The molecule has 1 aliphatic heterocycles. The number of sulfonamides is 1. The molecule has 0 aliphatic carbocycles. The van der Waals surface area contributed by atoms with Crippen LogP contribution < -0.4 is 9.54 Å². The largest absolute Gasteiger partial charge is 0.497 e. The number of piperidine rings is 1. The molecule has 3 aromatic rings. The van der Waals surface area contributed by atoms with E-state index in [1.54, 1.807) is 35.9 Å². The lowest BCUT2D eigenvalue weighted by atomic mass is 9.99. The molecule has 0 N–H and O–H groups in total. The number of carbonyl (C=O) groups is 1. The second-order valence-electron chi connectivity index (χ2n) is 7.48. The molecule has 32 heavy (non-hydrogen) atoms. The third kappa shape index (κ3) is 4.32. The van der Waals surface area contributed by atoms with Crippen LogP contribution in [0.15, 0.2) is 46.3 Å². The van der Waals surface area contributed by atoms with Crippen LogP contribution in [0.5, 0.6) is 5.75 Å². The Kier molecular flexibility index (Phi) is 6.65. The number of rotatable bonds is 4. The van der Waals surface area contributed by atoms with E-state index in [-0.39, 0.29) is 17.3 Å². The van der Waals surface area contributed by atoms with Gasteiger partial charge in [-0.3, -0.25) is 4.79 Å². The number of aromatic nitrogens is 1. The number of hydrogen-bond donors (Lipinski definition) is 0. The number of methoxy groups -OCH3 is 1. The lowest BCUT2D eigenvalue weighted by Gasteiger charge is -2.30. The average molecular weight is 514 g/mol. The number of hydrogen-bond acceptors (Lipinski definition) is 5. The van der Waals surface area contributed by atoms with E-state index in [1.165, 1.54) is 34.9 Å². The zero-order valence-electron chi connectivity index (χ0n) is 17.4. The SMILES string of the molecule is COc1ccc(S(=O)(=O)N2CCCC(C(=O)N=c3sc4c(Cl)ccc(Cl)c4n3C)C2)cc1. The molecule has 170 valence electrons. The third-order valence-corrected chi connectivity index (χ3v) is 9.26. The molecule has 0 spiro atoms. The molecule has 1 amide bonds. The van der Waals surface area contributed by atoms with Crippen LogP contribution in [0.1, 0.15) is 12.8 Å². The Bertz CT molecular complexity index is 1350. The first-order chi connectivity index (χ1) is 15.2. The maximum Gasteiger partial charge on any atom is 0.252 e. The fraction of sp³-hybridized carbons (Fsp3) is 0.333. The van der Waals surface area contributed by atoms with Gasteiger partial charge in [-0.25, -0.2) is 8.42 Å². The van der Waals surface area contributed by atoms with Gasteiger partial charge in [0, 0.05) is 20.1 Å². The highest BCUT2D eigenvalue weighted by Gasteiger charge is 2.33. The monoisotopic (exact) mass is 513 g/mol. The molecule has 0 bridgehead atoms. The number of thiazole rings is 1. The normalized spacial score (nSPS) is 18.2. The van der Waals surface area contributed by atoms with Gasteiger partial charge < -0.3 is 9.30 Å². The van der Waals surface area contributed by atoms with Crippen molar-refractivity contribution in [3.8, 4) is 5.75 Å². The predicted octanol–water partition coefficient (Wildman–Crippen LogP) is 4.08. The Morgan fingerprint density at radius 1 is 1.16 bits per heavy atom. The molecular weight excluding hydrogens is 493 g/mol. The Morgan fingerprint density at radius 3 is 2.50 bits per heavy atom. The van der Waals surface area contributed by atoms with Crippen molar-refractivity contribution < 1.29 is 17.9 Å². The number of carbonyl (C=O) groups excluding carboxylic acids is 1. The molecule has 1 aliphatic rings. The minimum Gasteiger partial charge on any atom is -0.497 e. The highest BCUT2D eigenvalue weighted by atomic mass is 35.5. The Morgan fingerprint density at radius 2 is 1.84 bits per heavy atom. The Balaban J connectivity index is 1.60. The summed E-state index contributed by atoms with van der Waals surface area (Å²) in [6.07, 6.45) is 1.16. The number of nitrogens with zero attached hydrogens (tertiary/aromatic N) is 3. The van der Waals surface area contributed by atoms with Crippen LogP contribution in [0.25, 0.3) is 10.2 Å². The number of aryl methyl sites for hydroxylation is 1. The number of ether oxygens (including phenoxy) is 1. The summed E-state index contributed by atoms with van der Waals surface area (Å²) in [6.45, 7) is 0.451. The summed E-state index contributed by atoms with van der Waals surface area (Å²) < 4.78 is 35.1. The van der Waals surface area contributed by atoms with Gasteiger partial charge in [-0.1, -0.05) is 34.5 Å². The van der Waals surface area contributed by atoms with Crippen LogP contribution in [0.4, 0.5) is 0 Å². The van der Waals surface area contributed by atoms with Crippen molar-refractivity contribution in [2.75, 3.05) is 20.2 Å². The van der Waals surface area contributed by atoms with Gasteiger partial charge in [0.25, 0.3) is 5.91 Å². The molecule has 1 atom stereocenters. The van der Waals surface area contributed by atoms with Crippen molar-refractivity contribution in [1.82, 2.24) is 8.87 Å². The molecule has 2 aromatic carbocycles. The summed E-state index contributed by atoms with van der Waals surface area (Å²) in [5, 5.41) is 1.06. The first-order valence-corrected chi connectivity index (χ1v) is 12.9. The van der Waals surface area contributed by atoms with Crippen LogP contribution in [0.3, 0.4) is 0 Å². The zero-order valence-corrected chi connectivity index (χ0v) is 20.6. The zero-order chi connectivity index (χ0) is 23.0. The Hall–Kier alpha value is -1.91. The van der Waals surface area contributed by atoms with E-state index in [0.29, 0.717) is 45.5 Å². The number of halogens is 2. The average Bonchev–Trinajstić information content (AvgIpc) is 3.13. The predicted molar refractivity (Wildman–Crippen MR) is 126 cm³/mol. The van der Waals surface area contributed by atoms with Gasteiger partial charge in [0.2, 0.25) is 10.0 Å². The lowest BCUT2D eigenvalue weighted by Crippen LogP contribution is -2.42. The van der Waals surface area contributed by atoms with Crippen LogP contribution in [0, 0.1) is 5.92 Å². The molecule has 1 aromatic heterocycles. The minimum absolute atomic E-state index is 0.0901. The van der Waals surface area contributed by atoms with E-state index >= 15 is 0 Å². The summed E-state index contributed by atoms with van der Waals surface area (Å²) >= 11 is 13.9. The smallest absolute Gasteiger partial charge is 0.252 e. The molecule has 4 rings (SSSR count). The van der Waals surface area contributed by atoms with E-state index in [2.05, 4.69) is 4.99 Å². The molecule has 7 nitrogen and oxygen atoms in total. The second kappa shape index (κ2) is 9.15. The lowest BCUT2D eigenvalue weighted by molar-refractivity contribution is -0.122. The van der Waals surface area contributed by atoms with Crippen molar-refractivity contribution >= 4 is 60.7 Å². The highest BCUT2D eigenvalue weighted by molar-refractivity contribution is 7.89. The van der Waals surface area contributed by atoms with Crippen LogP contribution >= 0.6 is 34.5 Å². The van der Waals surface area contributed by atoms with Crippen LogP contribution in [-0.4, -0.2) is 43.4 Å². The minimum atomic E-state index is -3.72. The number of amides is 1. The first-order valence-electron chi connectivity index (χ1n) is 9.88. The van der Waals surface area contributed by atoms with E-state index in [0.717, 1.165) is 4.70 Å². The molecule has 11 heteroatoms. The number of fused-ring (bicyclic) bond motifs is 1. The summed E-state index contributed by atoms with van der Waals surface area (Å²) in [5.74, 6) is -0.298. The quantitative estimate of drug-likeness (QED) is 0.526. The first kappa shape index (κ1) is 23.3. The summed E-state index contributed by atoms with van der Waals surface area (Å²) in [5.41, 5.74) is 0.711. The van der Waals surface area contributed by atoms with E-state index < -0.39 is 15.9 Å². The topological polar surface area (TPSA) is 81.0 Å². The van der Waals surface area contributed by atoms with Crippen LogP contribution in [-0.2, 0) is 21.9 Å². The van der Waals surface area contributed by atoms with Crippen molar-refractivity contribution in [3.05, 3.63) is 51.2 Å². The van der Waals surface area contributed by atoms with Gasteiger partial charge >= 0.3 is 0 Å². The maximum atomic E-state index is 13.1. The fourth-order valence-electron chi connectivity index (χ4n) is 3.73. The molecular formula is C21H21Cl2N3O4S2. The van der Waals surface area contributed by atoms with Crippen molar-refractivity contribution in [2.45, 2.75) is 17.7 Å². The molecule has 0 radical (unpaired) electrons. The van der Waals surface area contributed by atoms with Gasteiger partial charge in [-0.05, 0) is 49.2 Å². The molecule has 0 saturated carbocycles. The summed E-state index contributed by atoms with van der Waals surface area (Å²) in [7, 11) is -0.427. The molecule has 1 unspecified atom stereocenters. The fourth-order valence-corrected chi connectivity index (χ4v) is 6.92. The maximum absolute atomic E-state index is 13.1. The summed E-state index contributed by atoms with van der Waals surface area (Å²) in [4.78, 5) is 17.9. The van der Waals surface area contributed by atoms with Crippen LogP contribution in [0.2, 0.25) is 10.0 Å². The van der Waals surface area contributed by atoms with E-state index in [4.69, 9.17) is 27.9 Å². The van der Waals surface area contributed by atoms with Crippen molar-refractivity contribution in [1.29, 1.82) is 0 Å². The Labute approximate surface area is 199 Å². The summed E-state index contributed by atoms with van der Waals surface area (Å²) in [6, 6.07) is 9.63. The molecule has 1 fully saturated rings. The van der Waals surface area contributed by atoms with Gasteiger partial charge in [0.15, 0.2) is 4.80 Å². The molecule has 2 heterocycles. The molecule has 1 saturated heterocycles. The second-order valence-corrected chi connectivity index (χ2v) is 11.2. The third-order valence-electron chi connectivity index (χ3n) is 5.49.